The van der Waals surface area contributed by atoms with Gasteiger partial charge in [0.25, 0.3) is 0 Å². The molecule has 0 bridgehead atoms. The molecular formula is C26H21Cl3SiTi. The quantitative estimate of drug-likeness (QED) is 0.189. The third-order valence-electron chi connectivity index (χ3n) is 6.01. The molecule has 0 saturated heterocycles. The summed E-state index contributed by atoms with van der Waals surface area (Å²) in [7, 11) is -1.51. The van der Waals surface area contributed by atoms with Crippen molar-refractivity contribution in [3.8, 4) is 11.1 Å². The average molecular weight is 516 g/mol. The Morgan fingerprint density at radius 2 is 1.13 bits per heavy atom. The fraction of sp³-hybridized carbons (Fsp3) is 0.0769. The molecule has 0 nitrogen and oxygen atoms in total. The van der Waals surface area contributed by atoms with E-state index in [0.717, 1.165) is 0 Å². The summed E-state index contributed by atoms with van der Waals surface area (Å²) >= 11 is 2.35. The molecule has 0 fully saturated rings. The van der Waals surface area contributed by atoms with Crippen molar-refractivity contribution in [1.82, 2.24) is 0 Å². The predicted molar refractivity (Wildman–Crippen MR) is 118 cm³/mol. The number of rotatable bonds is 3. The van der Waals surface area contributed by atoms with Crippen molar-refractivity contribution >= 4 is 28.2 Å². The van der Waals surface area contributed by atoms with Crippen LogP contribution in [0.3, 0.4) is 0 Å². The van der Waals surface area contributed by atoms with Gasteiger partial charge in [-0.1, -0.05) is 0 Å². The van der Waals surface area contributed by atoms with Gasteiger partial charge in [-0.15, -0.1) is 0 Å². The molecule has 154 valence electrons. The van der Waals surface area contributed by atoms with Crippen LogP contribution < -0.4 is 56.6 Å². The van der Waals surface area contributed by atoms with Crippen LogP contribution in [0.5, 0.6) is 0 Å². The predicted octanol–water partition coefficient (Wildman–Crippen LogP) is -5.75. The van der Waals surface area contributed by atoms with Crippen LogP contribution in [0.15, 0.2) is 97.1 Å². The topological polar surface area (TPSA) is 0 Å². The van der Waals surface area contributed by atoms with Crippen LogP contribution in [0.25, 0.3) is 11.1 Å². The minimum atomic E-state index is -1.51. The Bertz CT molecular complexity index is 1110. The van der Waals surface area contributed by atoms with Crippen molar-refractivity contribution < 1.29 is 57.7 Å². The zero-order valence-electron chi connectivity index (χ0n) is 17.0. The summed E-state index contributed by atoms with van der Waals surface area (Å²) in [5.41, 5.74) is 5.84. The van der Waals surface area contributed by atoms with Gasteiger partial charge in [-0.05, 0) is 0 Å². The van der Waals surface area contributed by atoms with Gasteiger partial charge in [-0.2, -0.15) is 0 Å². The maximum Gasteiger partial charge on any atom is -1.00 e. The van der Waals surface area contributed by atoms with Crippen LogP contribution in [0, 0.1) is 0 Å². The summed E-state index contributed by atoms with van der Waals surface area (Å²) in [5, 5.41) is 4.52. The van der Waals surface area contributed by atoms with Gasteiger partial charge in [0, 0.05) is 0 Å². The Hall–Kier alpha value is -1.32. The van der Waals surface area contributed by atoms with Crippen molar-refractivity contribution in [2.45, 2.75) is 12.8 Å². The monoisotopic (exact) mass is 514 g/mol. The molecule has 31 heavy (non-hydrogen) atoms. The second-order valence-electron chi connectivity index (χ2n) is 7.55. The van der Waals surface area contributed by atoms with E-state index in [9.17, 15) is 0 Å². The molecule has 4 aromatic rings. The molecule has 5 heteroatoms. The molecule has 0 spiro atoms. The Labute approximate surface area is 216 Å². The van der Waals surface area contributed by atoms with Gasteiger partial charge in [0.15, 0.2) is 0 Å². The summed E-state index contributed by atoms with van der Waals surface area (Å²) < 4.78 is 1.49. The van der Waals surface area contributed by atoms with E-state index < -0.39 is 8.80 Å². The summed E-state index contributed by atoms with van der Waals surface area (Å²) in [5.74, 6) is 0.465. The van der Waals surface area contributed by atoms with Gasteiger partial charge < -0.3 is 37.2 Å². The van der Waals surface area contributed by atoms with Crippen LogP contribution in [-0.4, -0.2) is 8.80 Å². The molecule has 0 saturated carbocycles. The van der Waals surface area contributed by atoms with Crippen molar-refractivity contribution in [2.24, 2.45) is 0 Å². The van der Waals surface area contributed by atoms with E-state index in [0.29, 0.717) is 5.92 Å². The minimum Gasteiger partial charge on any atom is -1.00 e. The van der Waals surface area contributed by atoms with Gasteiger partial charge in [0.1, 0.15) is 0 Å². The zero-order valence-corrected chi connectivity index (χ0v) is 22.0. The fourth-order valence-corrected chi connectivity index (χ4v) is 9.08. The molecule has 0 N–H and O–H groups in total. The average Bonchev–Trinajstić information content (AvgIpc) is 3.05. The Kier molecular flexibility index (Phi) is 9.21. The maximum absolute atomic E-state index is 2.42. The molecule has 1 atom stereocenters. The first kappa shape index (κ1) is 25.9. The van der Waals surface area contributed by atoms with Gasteiger partial charge in [0.2, 0.25) is 0 Å². The van der Waals surface area contributed by atoms with E-state index in [2.05, 4.69) is 124 Å². The van der Waals surface area contributed by atoms with Gasteiger partial charge in [-0.3, -0.25) is 0 Å². The minimum absolute atomic E-state index is 0. The Morgan fingerprint density at radius 1 is 0.613 bits per heavy atom. The molecule has 1 aliphatic rings. The molecule has 5 rings (SSSR count). The van der Waals surface area contributed by atoms with Gasteiger partial charge >= 0.3 is 181 Å². The molecular weight excluding hydrogens is 495 g/mol. The van der Waals surface area contributed by atoms with Crippen LogP contribution >= 0.6 is 0 Å². The first-order chi connectivity index (χ1) is 13.8. The summed E-state index contributed by atoms with van der Waals surface area (Å²) in [6, 6.07) is 35.9. The number of hydrogen-bond donors (Lipinski definition) is 0. The second-order valence-corrected chi connectivity index (χ2v) is 11.2. The standard InChI is InChI=1S/C26H21Si.3ClH.Ti/c1-19-23-14-8-9-15-24(23)25-17-16-22(18-26(19)25)27(20-10-4-2-5-11-20)21-12-6-3-7-13-21;;;;/h2-17,19,27H,1H3;3*1H;/q;;;;+3/p-3. The van der Waals surface area contributed by atoms with Crippen molar-refractivity contribution in [2.75, 3.05) is 0 Å². The largest absolute Gasteiger partial charge is 1.00 e. The Balaban J connectivity index is 0.00000114. The van der Waals surface area contributed by atoms with Crippen molar-refractivity contribution in [1.29, 1.82) is 0 Å². The van der Waals surface area contributed by atoms with E-state index in [1.165, 1.54) is 36.5 Å². The van der Waals surface area contributed by atoms with Gasteiger partial charge in [0.05, 0.1) is 0 Å². The third kappa shape index (κ3) is 4.59. The van der Waals surface area contributed by atoms with E-state index >= 15 is 0 Å². The number of hydrogen-bond acceptors (Lipinski definition) is 0. The molecule has 4 aromatic carbocycles. The molecule has 0 heterocycles. The molecule has 0 aliphatic heterocycles. The molecule has 0 aromatic heterocycles. The smallest absolute Gasteiger partial charge is 1.00 e. The zero-order chi connectivity index (χ0) is 19.1. The maximum atomic E-state index is 2.42. The molecule has 1 aliphatic carbocycles. The van der Waals surface area contributed by atoms with Crippen LogP contribution in [0.4, 0.5) is 0 Å². The molecule has 0 radical (unpaired) electrons. The fourth-order valence-electron chi connectivity index (χ4n) is 4.68. The van der Waals surface area contributed by atoms with E-state index in [4.69, 9.17) is 0 Å². The van der Waals surface area contributed by atoms with E-state index in [1.54, 1.807) is 5.19 Å². The second kappa shape index (κ2) is 11.0. The number of halogens is 3. The van der Waals surface area contributed by atoms with E-state index in [1.807, 2.05) is 0 Å². The van der Waals surface area contributed by atoms with Crippen LogP contribution in [-0.2, 0) is 20.4 Å². The molecule has 1 unspecified atom stereocenters. The first-order valence-electron chi connectivity index (χ1n) is 9.83. The normalized spacial score (nSPS) is 13.4. The first-order valence-corrected chi connectivity index (χ1v) is 12.3. The van der Waals surface area contributed by atoms with Crippen LogP contribution in [0.2, 0.25) is 0 Å². The van der Waals surface area contributed by atoms with E-state index in [-0.39, 0.29) is 37.2 Å². The third-order valence-corrected chi connectivity index (χ3v) is 10.5. The van der Waals surface area contributed by atoms with Crippen LogP contribution in [0.1, 0.15) is 24.0 Å². The number of fused-ring (bicyclic) bond motifs is 3. The van der Waals surface area contributed by atoms with Gasteiger partial charge in [-0.25, -0.2) is 0 Å². The van der Waals surface area contributed by atoms with Crippen molar-refractivity contribution in [3.63, 3.8) is 0 Å². The SMILES string of the molecule is CC1c2ccccc2-c2ccc([SiH](c3ccccc3)c3ccccc3)[c]([Ti+3])c21.[Cl-].[Cl-].[Cl-]. The summed E-state index contributed by atoms with van der Waals surface area (Å²) in [4.78, 5) is 0. The summed E-state index contributed by atoms with van der Waals surface area (Å²) in [6.45, 7) is 2.36. The van der Waals surface area contributed by atoms with Crippen molar-refractivity contribution in [3.05, 3.63) is 108 Å². The summed E-state index contributed by atoms with van der Waals surface area (Å²) in [6.07, 6.45) is 0. The Morgan fingerprint density at radius 3 is 1.71 bits per heavy atom. The molecule has 0 amide bonds. The number of benzene rings is 4.